The van der Waals surface area contributed by atoms with E-state index < -0.39 is 0 Å². The zero-order valence-corrected chi connectivity index (χ0v) is 16.6. The highest BCUT2D eigenvalue weighted by Crippen LogP contribution is 2.41. The third-order valence-electron chi connectivity index (χ3n) is 5.22. The molecule has 0 radical (unpaired) electrons. The highest BCUT2D eigenvalue weighted by molar-refractivity contribution is 7.80. The fourth-order valence-electron chi connectivity index (χ4n) is 3.73. The quantitative estimate of drug-likeness (QED) is 0.668. The van der Waals surface area contributed by atoms with Gasteiger partial charge in [0.15, 0.2) is 5.11 Å². The first kappa shape index (κ1) is 17.7. The molecule has 0 spiro atoms. The van der Waals surface area contributed by atoms with E-state index in [4.69, 9.17) is 12.2 Å². The van der Waals surface area contributed by atoms with E-state index in [0.717, 1.165) is 16.5 Å². The van der Waals surface area contributed by atoms with Gasteiger partial charge in [0, 0.05) is 30.8 Å². The van der Waals surface area contributed by atoms with Crippen molar-refractivity contribution in [3.63, 3.8) is 0 Å². The highest BCUT2D eigenvalue weighted by Gasteiger charge is 2.41. The van der Waals surface area contributed by atoms with Crippen LogP contribution in [-0.2, 0) is 7.05 Å². The molecule has 0 bridgehead atoms. The molecule has 5 heteroatoms. The maximum Gasteiger partial charge on any atom is 0.174 e. The van der Waals surface area contributed by atoms with Crippen molar-refractivity contribution >= 4 is 23.0 Å². The van der Waals surface area contributed by atoms with Gasteiger partial charge in [-0.3, -0.25) is 4.98 Å². The summed E-state index contributed by atoms with van der Waals surface area (Å²) in [4.78, 5) is 6.81. The predicted octanol–water partition coefficient (Wildman–Crippen LogP) is 4.72. The summed E-state index contributed by atoms with van der Waals surface area (Å²) in [6, 6.07) is 19.0. The van der Waals surface area contributed by atoms with Gasteiger partial charge in [0.2, 0.25) is 0 Å². The van der Waals surface area contributed by atoms with Gasteiger partial charge in [0.1, 0.15) is 6.04 Å². The van der Waals surface area contributed by atoms with Crippen LogP contribution >= 0.6 is 12.2 Å². The van der Waals surface area contributed by atoms with Crippen LogP contribution in [0.3, 0.4) is 0 Å². The number of hydrogen-bond donors (Lipinski definition) is 1. The zero-order chi connectivity index (χ0) is 19.0. The molecule has 1 aliphatic rings. The van der Waals surface area contributed by atoms with Crippen molar-refractivity contribution in [2.45, 2.75) is 31.8 Å². The van der Waals surface area contributed by atoms with E-state index in [1.807, 2.05) is 18.3 Å². The number of thiocarbonyl (C=S) groups is 1. The van der Waals surface area contributed by atoms with Gasteiger partial charge in [-0.15, -0.1) is 0 Å². The van der Waals surface area contributed by atoms with Crippen LogP contribution in [0.15, 0.2) is 67.0 Å². The first-order valence-corrected chi connectivity index (χ1v) is 9.69. The molecule has 0 unspecified atom stereocenters. The van der Waals surface area contributed by atoms with Gasteiger partial charge in [-0.25, -0.2) is 0 Å². The van der Waals surface area contributed by atoms with Crippen molar-refractivity contribution in [3.8, 4) is 0 Å². The molecule has 1 aliphatic heterocycles. The third-order valence-corrected chi connectivity index (χ3v) is 5.54. The van der Waals surface area contributed by atoms with Crippen LogP contribution in [0.25, 0.3) is 0 Å². The average molecular weight is 377 g/mol. The van der Waals surface area contributed by atoms with Crippen LogP contribution in [0.2, 0.25) is 0 Å². The summed E-state index contributed by atoms with van der Waals surface area (Å²) in [7, 11) is 2.08. The van der Waals surface area contributed by atoms with Gasteiger partial charge in [-0.1, -0.05) is 32.0 Å². The molecule has 27 heavy (non-hydrogen) atoms. The molecule has 1 fully saturated rings. The van der Waals surface area contributed by atoms with Crippen molar-refractivity contribution in [3.05, 3.63) is 83.9 Å². The number of benzene rings is 1. The largest absolute Gasteiger partial charge is 0.353 e. The van der Waals surface area contributed by atoms with E-state index in [1.165, 1.54) is 11.3 Å². The van der Waals surface area contributed by atoms with Crippen LogP contribution in [0.4, 0.5) is 5.69 Å². The average Bonchev–Trinajstić information content (AvgIpc) is 3.25. The summed E-state index contributed by atoms with van der Waals surface area (Å²) in [5.74, 6) is 0.507. The lowest BCUT2D eigenvalue weighted by Gasteiger charge is -2.28. The predicted molar refractivity (Wildman–Crippen MR) is 114 cm³/mol. The number of hydrogen-bond acceptors (Lipinski definition) is 2. The molecule has 1 aromatic carbocycles. The lowest BCUT2D eigenvalue weighted by molar-refractivity contribution is 0.541. The number of aryl methyl sites for hydroxylation is 1. The topological polar surface area (TPSA) is 33.1 Å². The van der Waals surface area contributed by atoms with Gasteiger partial charge in [0.05, 0.1) is 11.7 Å². The molecular formula is C22H24N4S. The fraction of sp³-hybridized carbons (Fsp3) is 0.273. The SMILES string of the molecule is CC(C)c1ccc(N2C(=S)N[C@@H](c3ccccn3)[C@@H]2c2cccn2C)cc1. The second-order valence-corrected chi connectivity index (χ2v) is 7.67. The molecule has 3 heterocycles. The summed E-state index contributed by atoms with van der Waals surface area (Å²) in [5, 5.41) is 4.23. The minimum atomic E-state index is -0.00271. The molecular weight excluding hydrogens is 352 g/mol. The number of rotatable bonds is 4. The molecule has 4 nitrogen and oxygen atoms in total. The minimum Gasteiger partial charge on any atom is -0.353 e. The molecule has 1 N–H and O–H groups in total. The van der Waals surface area contributed by atoms with E-state index in [2.05, 4.69) is 89.3 Å². The summed E-state index contributed by atoms with van der Waals surface area (Å²) in [5.41, 5.74) is 4.62. The minimum absolute atomic E-state index is 0.00271. The van der Waals surface area contributed by atoms with Gasteiger partial charge < -0.3 is 14.8 Å². The van der Waals surface area contributed by atoms with Gasteiger partial charge in [0.25, 0.3) is 0 Å². The van der Waals surface area contributed by atoms with Crippen LogP contribution in [-0.4, -0.2) is 14.7 Å². The first-order chi connectivity index (χ1) is 13.1. The number of aromatic nitrogens is 2. The second-order valence-electron chi connectivity index (χ2n) is 7.29. The molecule has 0 aliphatic carbocycles. The van der Waals surface area contributed by atoms with Crippen LogP contribution in [0.1, 0.15) is 48.8 Å². The maximum absolute atomic E-state index is 5.76. The number of pyridine rings is 1. The van der Waals surface area contributed by atoms with Crippen LogP contribution in [0, 0.1) is 0 Å². The third kappa shape index (κ3) is 3.23. The molecule has 2 atom stereocenters. The van der Waals surface area contributed by atoms with Crippen molar-refractivity contribution in [1.82, 2.24) is 14.9 Å². The van der Waals surface area contributed by atoms with Gasteiger partial charge in [-0.05, 0) is 60.1 Å². The Labute approximate surface area is 165 Å². The Kier molecular flexibility index (Phi) is 4.70. The number of anilines is 1. The Bertz CT molecular complexity index is 930. The Morgan fingerprint density at radius 1 is 1.04 bits per heavy atom. The molecule has 2 aromatic heterocycles. The van der Waals surface area contributed by atoms with E-state index in [0.29, 0.717) is 5.92 Å². The van der Waals surface area contributed by atoms with Crippen molar-refractivity contribution in [2.75, 3.05) is 4.90 Å². The fourth-order valence-corrected chi connectivity index (χ4v) is 4.08. The molecule has 4 rings (SSSR count). The Morgan fingerprint density at radius 3 is 2.41 bits per heavy atom. The van der Waals surface area contributed by atoms with Crippen molar-refractivity contribution in [1.29, 1.82) is 0 Å². The normalized spacial score (nSPS) is 19.6. The smallest absolute Gasteiger partial charge is 0.174 e. The van der Waals surface area contributed by atoms with E-state index in [9.17, 15) is 0 Å². The summed E-state index contributed by atoms with van der Waals surface area (Å²) >= 11 is 5.76. The summed E-state index contributed by atoms with van der Waals surface area (Å²) in [6.45, 7) is 4.42. The van der Waals surface area contributed by atoms with Crippen molar-refractivity contribution in [2.24, 2.45) is 7.05 Å². The summed E-state index contributed by atoms with van der Waals surface area (Å²) < 4.78 is 2.16. The highest BCUT2D eigenvalue weighted by atomic mass is 32.1. The molecule has 3 aromatic rings. The van der Waals surface area contributed by atoms with E-state index >= 15 is 0 Å². The maximum atomic E-state index is 5.76. The molecule has 1 saturated heterocycles. The van der Waals surface area contributed by atoms with Crippen molar-refractivity contribution < 1.29 is 0 Å². The number of nitrogens with one attached hydrogen (secondary N) is 1. The Morgan fingerprint density at radius 2 is 1.81 bits per heavy atom. The molecule has 138 valence electrons. The van der Waals surface area contributed by atoms with Gasteiger partial charge >= 0.3 is 0 Å². The Hall–Kier alpha value is -2.66. The first-order valence-electron chi connectivity index (χ1n) is 9.28. The van der Waals surface area contributed by atoms with E-state index in [1.54, 1.807) is 0 Å². The lowest BCUT2D eigenvalue weighted by Crippen LogP contribution is -2.30. The van der Waals surface area contributed by atoms with Gasteiger partial charge in [-0.2, -0.15) is 0 Å². The zero-order valence-electron chi connectivity index (χ0n) is 15.8. The molecule has 0 saturated carbocycles. The summed E-state index contributed by atoms with van der Waals surface area (Å²) in [6.07, 6.45) is 3.91. The molecule has 0 amide bonds. The standard InChI is InChI=1S/C22H24N4S/c1-15(2)16-9-11-17(12-10-16)26-21(19-8-6-14-25(19)3)20(24-22(26)27)18-7-4-5-13-23-18/h4-15,20-21H,1-3H3,(H,24,27)/t20-,21-/m0/s1. The second kappa shape index (κ2) is 7.16. The monoisotopic (exact) mass is 376 g/mol. The van der Waals surface area contributed by atoms with Crippen LogP contribution in [0.5, 0.6) is 0 Å². The Balaban J connectivity index is 1.79. The van der Waals surface area contributed by atoms with E-state index in [-0.39, 0.29) is 12.1 Å². The lowest BCUT2D eigenvalue weighted by atomic mass is 10.00. The van der Waals surface area contributed by atoms with Crippen LogP contribution < -0.4 is 10.2 Å². The number of nitrogens with zero attached hydrogens (tertiary/aromatic N) is 3.